The van der Waals surface area contributed by atoms with Crippen molar-refractivity contribution in [2.24, 2.45) is 0 Å². The number of rotatable bonds is 7. The second-order valence-corrected chi connectivity index (χ2v) is 7.33. The first-order valence-corrected chi connectivity index (χ1v) is 10.1. The van der Waals surface area contributed by atoms with Crippen LogP contribution in [0.1, 0.15) is 27.4 Å². The van der Waals surface area contributed by atoms with Crippen molar-refractivity contribution in [1.82, 2.24) is 5.32 Å². The standard InChI is InChI=1S/C25H21NO6/c27-23(28)22(15-31-24(29)16-8-2-1-3-9-16)26-25(30)32-14-21-19-12-6-4-10-17(19)18-11-5-7-13-20(18)21/h1-13,21-22H,14-15H2,(H,26,30)(H,27,28)/t22-/m0/s1. The molecule has 7 heteroatoms. The van der Waals surface area contributed by atoms with Crippen molar-refractivity contribution >= 4 is 18.0 Å². The van der Waals surface area contributed by atoms with Crippen LogP contribution in [0.3, 0.4) is 0 Å². The van der Waals surface area contributed by atoms with Gasteiger partial charge >= 0.3 is 18.0 Å². The second-order valence-electron chi connectivity index (χ2n) is 7.33. The number of carboxylic acid groups (broad SMARTS) is 1. The number of hydrogen-bond donors (Lipinski definition) is 2. The molecule has 0 fully saturated rings. The summed E-state index contributed by atoms with van der Waals surface area (Å²) in [6, 6.07) is 22.6. The van der Waals surface area contributed by atoms with Gasteiger partial charge in [0.15, 0.2) is 6.04 Å². The highest BCUT2D eigenvalue weighted by Gasteiger charge is 2.30. The molecular weight excluding hydrogens is 410 g/mol. The molecule has 0 aliphatic heterocycles. The van der Waals surface area contributed by atoms with E-state index in [1.807, 2.05) is 48.5 Å². The van der Waals surface area contributed by atoms with Gasteiger partial charge in [0.05, 0.1) is 5.56 Å². The van der Waals surface area contributed by atoms with E-state index in [2.05, 4.69) is 5.32 Å². The Morgan fingerprint density at radius 2 is 1.38 bits per heavy atom. The van der Waals surface area contributed by atoms with Crippen molar-refractivity contribution in [3.8, 4) is 11.1 Å². The number of hydrogen-bond acceptors (Lipinski definition) is 5. The fourth-order valence-corrected chi connectivity index (χ4v) is 3.77. The Balaban J connectivity index is 1.36. The van der Waals surface area contributed by atoms with Crippen LogP contribution in [0.4, 0.5) is 4.79 Å². The number of amides is 1. The summed E-state index contributed by atoms with van der Waals surface area (Å²) in [6.07, 6.45) is -0.893. The second kappa shape index (κ2) is 9.34. The van der Waals surface area contributed by atoms with E-state index >= 15 is 0 Å². The van der Waals surface area contributed by atoms with Crippen LogP contribution in [-0.4, -0.2) is 42.4 Å². The molecule has 0 unspecified atom stereocenters. The van der Waals surface area contributed by atoms with Crippen LogP contribution in [0, 0.1) is 0 Å². The fourth-order valence-electron chi connectivity index (χ4n) is 3.77. The SMILES string of the molecule is O=C(N[C@@H](COC(=O)c1ccccc1)C(=O)O)OCC1c2ccccc2-c2ccccc21. The molecular formula is C25H21NO6. The summed E-state index contributed by atoms with van der Waals surface area (Å²) in [4.78, 5) is 35.9. The number of esters is 1. The molecule has 0 spiro atoms. The van der Waals surface area contributed by atoms with Gasteiger partial charge < -0.3 is 19.9 Å². The Labute approximate surface area is 184 Å². The number of fused-ring (bicyclic) bond motifs is 3. The van der Waals surface area contributed by atoms with Gasteiger partial charge in [-0.15, -0.1) is 0 Å². The molecule has 7 nitrogen and oxygen atoms in total. The van der Waals surface area contributed by atoms with E-state index in [1.165, 1.54) is 0 Å². The summed E-state index contributed by atoms with van der Waals surface area (Å²) in [7, 11) is 0. The first-order chi connectivity index (χ1) is 15.5. The normalized spacial score (nSPS) is 12.9. The monoisotopic (exact) mass is 431 g/mol. The highest BCUT2D eigenvalue weighted by atomic mass is 16.6. The predicted molar refractivity (Wildman–Crippen MR) is 116 cm³/mol. The van der Waals surface area contributed by atoms with Gasteiger partial charge in [0.1, 0.15) is 13.2 Å². The number of carbonyl (C=O) groups is 3. The smallest absolute Gasteiger partial charge is 0.407 e. The predicted octanol–water partition coefficient (Wildman–Crippen LogP) is 3.84. The van der Waals surface area contributed by atoms with Crippen molar-refractivity contribution < 1.29 is 29.0 Å². The van der Waals surface area contributed by atoms with Crippen molar-refractivity contribution in [2.45, 2.75) is 12.0 Å². The molecule has 162 valence electrons. The maximum absolute atomic E-state index is 12.3. The lowest BCUT2D eigenvalue weighted by Crippen LogP contribution is -2.45. The first kappa shape index (κ1) is 21.1. The number of aliphatic carboxylic acids is 1. The number of carbonyl (C=O) groups excluding carboxylic acids is 2. The van der Waals surface area contributed by atoms with Crippen LogP contribution >= 0.6 is 0 Å². The summed E-state index contributed by atoms with van der Waals surface area (Å²) < 4.78 is 10.4. The van der Waals surface area contributed by atoms with Gasteiger partial charge in [0.25, 0.3) is 0 Å². The van der Waals surface area contributed by atoms with Gasteiger partial charge in [0, 0.05) is 5.92 Å². The van der Waals surface area contributed by atoms with E-state index in [0.29, 0.717) is 0 Å². The van der Waals surface area contributed by atoms with E-state index in [0.717, 1.165) is 22.3 Å². The number of alkyl carbamates (subject to hydrolysis) is 1. The summed E-state index contributed by atoms with van der Waals surface area (Å²) in [5, 5.41) is 11.6. The molecule has 1 aliphatic rings. The molecule has 3 aromatic carbocycles. The molecule has 0 heterocycles. The van der Waals surface area contributed by atoms with E-state index in [-0.39, 0.29) is 18.1 Å². The van der Waals surface area contributed by atoms with Crippen molar-refractivity contribution in [2.75, 3.05) is 13.2 Å². The number of ether oxygens (including phenoxy) is 2. The molecule has 0 radical (unpaired) electrons. The molecule has 1 atom stereocenters. The minimum absolute atomic E-state index is 0.0516. The van der Waals surface area contributed by atoms with Gasteiger partial charge in [-0.25, -0.2) is 14.4 Å². The number of nitrogens with one attached hydrogen (secondary N) is 1. The third-order valence-corrected chi connectivity index (χ3v) is 5.32. The van der Waals surface area contributed by atoms with Gasteiger partial charge in [-0.05, 0) is 34.4 Å². The molecule has 0 saturated heterocycles. The Hall–Kier alpha value is -4.13. The Morgan fingerprint density at radius 1 is 0.812 bits per heavy atom. The number of carboxylic acids is 1. The van der Waals surface area contributed by atoms with Gasteiger partial charge in [0.2, 0.25) is 0 Å². The van der Waals surface area contributed by atoms with E-state index < -0.39 is 30.7 Å². The molecule has 0 bridgehead atoms. The molecule has 3 aromatic rings. The number of benzene rings is 3. The maximum atomic E-state index is 12.3. The topological polar surface area (TPSA) is 102 Å². The molecule has 4 rings (SSSR count). The minimum Gasteiger partial charge on any atom is -0.480 e. The van der Waals surface area contributed by atoms with Crippen LogP contribution in [0.2, 0.25) is 0 Å². The van der Waals surface area contributed by atoms with Crippen LogP contribution in [-0.2, 0) is 14.3 Å². The third kappa shape index (κ3) is 4.46. The van der Waals surface area contributed by atoms with Crippen LogP contribution in [0.25, 0.3) is 11.1 Å². The quantitative estimate of drug-likeness (QED) is 0.551. The van der Waals surface area contributed by atoms with E-state index in [1.54, 1.807) is 30.3 Å². The molecule has 2 N–H and O–H groups in total. The lowest BCUT2D eigenvalue weighted by Gasteiger charge is -2.17. The van der Waals surface area contributed by atoms with Crippen LogP contribution in [0.15, 0.2) is 78.9 Å². The zero-order chi connectivity index (χ0) is 22.5. The molecule has 0 saturated carbocycles. The average molecular weight is 431 g/mol. The molecule has 0 aromatic heterocycles. The van der Waals surface area contributed by atoms with E-state index in [4.69, 9.17) is 9.47 Å². The molecule has 1 amide bonds. The van der Waals surface area contributed by atoms with Crippen LogP contribution in [0.5, 0.6) is 0 Å². The lowest BCUT2D eigenvalue weighted by atomic mass is 9.98. The highest BCUT2D eigenvalue weighted by molar-refractivity contribution is 5.89. The average Bonchev–Trinajstić information content (AvgIpc) is 3.14. The van der Waals surface area contributed by atoms with Gasteiger partial charge in [-0.3, -0.25) is 0 Å². The molecule has 32 heavy (non-hydrogen) atoms. The zero-order valence-corrected chi connectivity index (χ0v) is 17.1. The third-order valence-electron chi connectivity index (χ3n) is 5.32. The van der Waals surface area contributed by atoms with E-state index in [9.17, 15) is 19.5 Å². The lowest BCUT2D eigenvalue weighted by molar-refractivity contribution is -0.140. The van der Waals surface area contributed by atoms with Crippen molar-refractivity contribution in [3.05, 3.63) is 95.6 Å². The molecule has 1 aliphatic carbocycles. The summed E-state index contributed by atoms with van der Waals surface area (Å²) in [5.41, 5.74) is 4.57. The fraction of sp³-hybridized carbons (Fsp3) is 0.160. The highest BCUT2D eigenvalue weighted by Crippen LogP contribution is 2.44. The van der Waals surface area contributed by atoms with Gasteiger partial charge in [-0.1, -0.05) is 66.7 Å². The van der Waals surface area contributed by atoms with Gasteiger partial charge in [-0.2, -0.15) is 0 Å². The largest absolute Gasteiger partial charge is 0.480 e. The summed E-state index contributed by atoms with van der Waals surface area (Å²) in [6.45, 7) is -0.469. The maximum Gasteiger partial charge on any atom is 0.407 e. The van der Waals surface area contributed by atoms with Crippen molar-refractivity contribution in [3.63, 3.8) is 0 Å². The Bertz CT molecular complexity index is 1100. The first-order valence-electron chi connectivity index (χ1n) is 10.1. The Kier molecular flexibility index (Phi) is 6.17. The van der Waals surface area contributed by atoms with Crippen molar-refractivity contribution in [1.29, 1.82) is 0 Å². The minimum atomic E-state index is -1.43. The summed E-state index contributed by atoms with van der Waals surface area (Å²) >= 11 is 0. The zero-order valence-electron chi connectivity index (χ0n) is 17.1. The Morgan fingerprint density at radius 3 is 1.97 bits per heavy atom. The summed E-state index contributed by atoms with van der Waals surface area (Å²) in [5.74, 6) is -2.15. The van der Waals surface area contributed by atoms with Crippen LogP contribution < -0.4 is 5.32 Å².